The number of carbonyl (C=O) groups excluding carboxylic acids is 1. The third kappa shape index (κ3) is 8.00. The van der Waals surface area contributed by atoms with Crippen LogP contribution in [0.4, 0.5) is 0 Å². The highest BCUT2D eigenvalue weighted by Gasteiger charge is 2.17. The fourth-order valence-electron chi connectivity index (χ4n) is 1.92. The van der Waals surface area contributed by atoms with Gasteiger partial charge < -0.3 is 10.6 Å². The smallest absolute Gasteiger partial charge is 0.263 e. The molecule has 0 fully saturated rings. The molecule has 0 saturated heterocycles. The van der Waals surface area contributed by atoms with Gasteiger partial charge in [-0.3, -0.25) is 4.79 Å². The highest BCUT2D eigenvalue weighted by Crippen LogP contribution is 2.20. The van der Waals surface area contributed by atoms with E-state index < -0.39 is 0 Å². The molecule has 1 rings (SSSR count). The lowest BCUT2D eigenvalue weighted by Crippen LogP contribution is -2.38. The Hall–Kier alpha value is -0.360. The molecule has 21 heavy (non-hydrogen) atoms. The quantitative estimate of drug-likeness (QED) is 0.789. The first-order chi connectivity index (χ1) is 8.93. The fraction of sp³-hybridized carbons (Fsp3) is 0.714. The highest BCUT2D eigenvalue weighted by molar-refractivity contribution is 7.13. The molecule has 7 heteroatoms. The number of aryl methyl sites for hydroxylation is 1. The van der Waals surface area contributed by atoms with Crippen LogP contribution in [0, 0.1) is 12.8 Å². The Morgan fingerprint density at radius 1 is 1.29 bits per heavy atom. The maximum Gasteiger partial charge on any atom is 0.263 e. The Balaban J connectivity index is 0. The zero-order valence-electron chi connectivity index (χ0n) is 13.4. The lowest BCUT2D eigenvalue weighted by atomic mass is 10.1. The van der Waals surface area contributed by atoms with E-state index in [1.165, 1.54) is 11.3 Å². The van der Waals surface area contributed by atoms with Crippen molar-refractivity contribution in [3.05, 3.63) is 15.6 Å². The Bertz CT molecular complexity index is 424. The van der Waals surface area contributed by atoms with Crippen molar-refractivity contribution < 1.29 is 4.79 Å². The van der Waals surface area contributed by atoms with Crippen LogP contribution in [0.1, 0.15) is 48.1 Å². The van der Waals surface area contributed by atoms with Crippen molar-refractivity contribution in [2.24, 2.45) is 5.92 Å². The van der Waals surface area contributed by atoms with Gasteiger partial charge in [-0.05, 0) is 32.7 Å². The summed E-state index contributed by atoms with van der Waals surface area (Å²) in [5, 5.41) is 7.22. The molecule has 0 saturated carbocycles. The summed E-state index contributed by atoms with van der Waals surface area (Å²) in [6, 6.07) is 0.288. The van der Waals surface area contributed by atoms with E-state index in [2.05, 4.69) is 43.3 Å². The summed E-state index contributed by atoms with van der Waals surface area (Å²) < 4.78 is 0. The average Bonchev–Trinajstić information content (AvgIpc) is 2.66. The van der Waals surface area contributed by atoms with Crippen LogP contribution < -0.4 is 10.6 Å². The number of rotatable bonds is 7. The SMILES string of the molecule is CCN[C@H](C)CNC(=O)c1sc(C)nc1CC(C)C.Cl.Cl. The zero-order valence-corrected chi connectivity index (χ0v) is 15.8. The molecule has 1 aromatic heterocycles. The van der Waals surface area contributed by atoms with Crippen LogP contribution >= 0.6 is 36.2 Å². The molecular weight excluding hydrogens is 329 g/mol. The summed E-state index contributed by atoms with van der Waals surface area (Å²) in [7, 11) is 0. The van der Waals surface area contributed by atoms with Gasteiger partial charge in [-0.25, -0.2) is 4.98 Å². The second-order valence-corrected chi connectivity index (χ2v) is 6.48. The van der Waals surface area contributed by atoms with Crippen LogP contribution in [0.15, 0.2) is 0 Å². The van der Waals surface area contributed by atoms with E-state index in [4.69, 9.17) is 0 Å². The van der Waals surface area contributed by atoms with Crippen LogP contribution in [0.2, 0.25) is 0 Å². The zero-order chi connectivity index (χ0) is 14.4. The average molecular weight is 356 g/mol. The normalized spacial score (nSPS) is 11.5. The van der Waals surface area contributed by atoms with E-state index in [9.17, 15) is 4.79 Å². The first-order valence-electron chi connectivity index (χ1n) is 6.91. The van der Waals surface area contributed by atoms with Gasteiger partial charge in [-0.2, -0.15) is 0 Å². The molecular formula is C14H27Cl2N3OS. The van der Waals surface area contributed by atoms with Gasteiger partial charge in [0, 0.05) is 12.6 Å². The molecule has 0 bridgehead atoms. The molecule has 4 nitrogen and oxygen atoms in total. The molecule has 1 aromatic rings. The number of hydrogen-bond acceptors (Lipinski definition) is 4. The number of likely N-dealkylation sites (N-methyl/N-ethyl adjacent to an activating group) is 1. The molecule has 1 heterocycles. The summed E-state index contributed by atoms with van der Waals surface area (Å²) >= 11 is 1.49. The van der Waals surface area contributed by atoms with Crippen LogP contribution in [-0.4, -0.2) is 30.0 Å². The van der Waals surface area contributed by atoms with Crippen LogP contribution in [0.25, 0.3) is 0 Å². The number of nitrogens with zero attached hydrogens (tertiary/aromatic N) is 1. The van der Waals surface area contributed by atoms with Crippen molar-refractivity contribution in [3.63, 3.8) is 0 Å². The second-order valence-electron chi connectivity index (χ2n) is 5.28. The fourth-order valence-corrected chi connectivity index (χ4v) is 2.78. The summed E-state index contributed by atoms with van der Waals surface area (Å²) in [6.45, 7) is 11.9. The van der Waals surface area contributed by atoms with E-state index in [-0.39, 0.29) is 36.8 Å². The molecule has 1 amide bonds. The molecule has 124 valence electrons. The summed E-state index contributed by atoms with van der Waals surface area (Å²) in [5.41, 5.74) is 0.936. The molecule has 0 aromatic carbocycles. The monoisotopic (exact) mass is 355 g/mol. The minimum absolute atomic E-state index is 0. The molecule has 2 N–H and O–H groups in total. The van der Waals surface area contributed by atoms with Crippen molar-refractivity contribution in [1.82, 2.24) is 15.6 Å². The van der Waals surface area contributed by atoms with E-state index in [0.29, 0.717) is 12.5 Å². The van der Waals surface area contributed by atoms with Gasteiger partial charge in [0.1, 0.15) is 4.88 Å². The molecule has 0 aliphatic rings. The summed E-state index contributed by atoms with van der Waals surface area (Å²) in [4.78, 5) is 17.5. The maximum absolute atomic E-state index is 12.2. The van der Waals surface area contributed by atoms with Gasteiger partial charge in [0.15, 0.2) is 0 Å². The van der Waals surface area contributed by atoms with Gasteiger partial charge in [-0.1, -0.05) is 20.8 Å². The third-order valence-corrected chi connectivity index (χ3v) is 3.75. The molecule has 0 aliphatic carbocycles. The molecule has 1 atom stereocenters. The molecule has 0 spiro atoms. The first-order valence-corrected chi connectivity index (χ1v) is 7.73. The second kappa shape index (κ2) is 11.2. The highest BCUT2D eigenvalue weighted by atomic mass is 35.5. The Morgan fingerprint density at radius 3 is 2.43 bits per heavy atom. The Morgan fingerprint density at radius 2 is 1.90 bits per heavy atom. The number of nitrogens with one attached hydrogen (secondary N) is 2. The maximum atomic E-state index is 12.2. The predicted molar refractivity (Wildman–Crippen MR) is 95.4 cm³/mol. The van der Waals surface area contributed by atoms with Crippen LogP contribution in [-0.2, 0) is 6.42 Å². The Labute approximate surface area is 144 Å². The van der Waals surface area contributed by atoms with Gasteiger partial charge in [-0.15, -0.1) is 36.2 Å². The van der Waals surface area contributed by atoms with Gasteiger partial charge in [0.25, 0.3) is 5.91 Å². The minimum Gasteiger partial charge on any atom is -0.350 e. The third-order valence-electron chi connectivity index (χ3n) is 2.73. The van der Waals surface area contributed by atoms with Gasteiger partial charge in [0.05, 0.1) is 10.7 Å². The van der Waals surface area contributed by atoms with Gasteiger partial charge >= 0.3 is 0 Å². The molecule has 0 aliphatic heterocycles. The van der Waals surface area contributed by atoms with E-state index in [1.807, 2.05) is 6.92 Å². The van der Waals surface area contributed by atoms with Crippen molar-refractivity contribution in [1.29, 1.82) is 0 Å². The van der Waals surface area contributed by atoms with Crippen molar-refractivity contribution >= 4 is 42.1 Å². The van der Waals surface area contributed by atoms with Crippen molar-refractivity contribution in [2.45, 2.75) is 47.1 Å². The summed E-state index contributed by atoms with van der Waals surface area (Å²) in [5.74, 6) is 0.514. The summed E-state index contributed by atoms with van der Waals surface area (Å²) in [6.07, 6.45) is 0.857. The number of thiazole rings is 1. The van der Waals surface area contributed by atoms with Crippen LogP contribution in [0.5, 0.6) is 0 Å². The van der Waals surface area contributed by atoms with Gasteiger partial charge in [0.2, 0.25) is 0 Å². The van der Waals surface area contributed by atoms with Crippen molar-refractivity contribution in [3.8, 4) is 0 Å². The topological polar surface area (TPSA) is 54.0 Å². The number of aromatic nitrogens is 1. The molecule has 0 radical (unpaired) electrons. The van der Waals surface area contributed by atoms with Crippen LogP contribution in [0.3, 0.4) is 0 Å². The minimum atomic E-state index is 0. The number of carbonyl (C=O) groups is 1. The van der Waals surface area contributed by atoms with E-state index in [1.54, 1.807) is 0 Å². The lowest BCUT2D eigenvalue weighted by molar-refractivity contribution is 0.0953. The number of amides is 1. The van der Waals surface area contributed by atoms with E-state index in [0.717, 1.165) is 28.5 Å². The van der Waals surface area contributed by atoms with E-state index >= 15 is 0 Å². The first kappa shape index (κ1) is 22.9. The number of hydrogen-bond donors (Lipinski definition) is 2. The lowest BCUT2D eigenvalue weighted by Gasteiger charge is -2.13. The van der Waals surface area contributed by atoms with Crippen molar-refractivity contribution in [2.75, 3.05) is 13.1 Å². The Kier molecular flexibility index (Phi) is 12.3. The standard InChI is InChI=1S/C14H25N3OS.2ClH/c1-6-15-10(4)8-16-14(18)13-12(7-9(2)3)17-11(5)19-13;;/h9-10,15H,6-8H2,1-5H3,(H,16,18);2*1H/t10-;;/m1../s1. The molecule has 0 unspecified atom stereocenters. The largest absolute Gasteiger partial charge is 0.350 e. The predicted octanol–water partition coefficient (Wildman–Crippen LogP) is 3.22. The number of halogens is 2.